The minimum atomic E-state index is 0.711. The smallest absolute Gasteiger partial charge is 0.160 e. The standard InChI is InChI=1S/C50H34N4/c1-5-14-37(15-6-1)45-33-47(53-49(51-45)41-18-9-3-10-19-41)39-28-24-35(25-29-39)43-22-13-23-44(32-43)36-26-30-40(31-27-36)48-34-46(38-16-7-2-8-17-38)52-50(54-48)42-20-11-4-12-21-42/h1-34H. The molecule has 9 rings (SSSR count). The molecule has 0 aliphatic carbocycles. The Labute approximate surface area is 315 Å². The average molecular weight is 691 g/mol. The molecule has 0 saturated carbocycles. The molecule has 4 nitrogen and oxygen atoms in total. The summed E-state index contributed by atoms with van der Waals surface area (Å²) >= 11 is 0. The van der Waals surface area contributed by atoms with Crippen LogP contribution in [0.15, 0.2) is 206 Å². The van der Waals surface area contributed by atoms with Gasteiger partial charge in [-0.2, -0.15) is 0 Å². The van der Waals surface area contributed by atoms with Crippen LogP contribution in [0.5, 0.6) is 0 Å². The molecular formula is C50H34N4. The predicted molar refractivity (Wildman–Crippen MR) is 221 cm³/mol. The molecule has 0 bridgehead atoms. The van der Waals surface area contributed by atoms with Crippen molar-refractivity contribution < 1.29 is 0 Å². The Morgan fingerprint density at radius 1 is 0.185 bits per heavy atom. The third kappa shape index (κ3) is 6.97. The van der Waals surface area contributed by atoms with Crippen molar-refractivity contribution in [3.63, 3.8) is 0 Å². The summed E-state index contributed by atoms with van der Waals surface area (Å²) in [7, 11) is 0. The molecule has 0 amide bonds. The Morgan fingerprint density at radius 2 is 0.444 bits per heavy atom. The van der Waals surface area contributed by atoms with Gasteiger partial charge in [0.25, 0.3) is 0 Å². The van der Waals surface area contributed by atoms with Crippen LogP contribution in [0.2, 0.25) is 0 Å². The molecule has 0 atom stereocenters. The quantitative estimate of drug-likeness (QED) is 0.159. The van der Waals surface area contributed by atoms with E-state index < -0.39 is 0 Å². The predicted octanol–water partition coefficient (Wildman–Crippen LogP) is 12.6. The number of benzene rings is 7. The first kappa shape index (κ1) is 32.6. The fraction of sp³-hybridized carbons (Fsp3) is 0. The first-order valence-electron chi connectivity index (χ1n) is 18.1. The van der Waals surface area contributed by atoms with E-state index >= 15 is 0 Å². The van der Waals surface area contributed by atoms with Crippen LogP contribution in [0.25, 0.3) is 90.1 Å². The highest BCUT2D eigenvalue weighted by Gasteiger charge is 2.13. The van der Waals surface area contributed by atoms with Gasteiger partial charge in [0.1, 0.15) is 0 Å². The third-order valence-electron chi connectivity index (χ3n) is 9.55. The highest BCUT2D eigenvalue weighted by Crippen LogP contribution is 2.33. The Morgan fingerprint density at radius 3 is 0.778 bits per heavy atom. The van der Waals surface area contributed by atoms with Gasteiger partial charge >= 0.3 is 0 Å². The topological polar surface area (TPSA) is 51.6 Å². The zero-order chi connectivity index (χ0) is 36.1. The van der Waals surface area contributed by atoms with Crippen molar-refractivity contribution in [2.24, 2.45) is 0 Å². The van der Waals surface area contributed by atoms with Crippen molar-refractivity contribution in [3.05, 3.63) is 206 Å². The van der Waals surface area contributed by atoms with Crippen LogP contribution in [0.3, 0.4) is 0 Å². The van der Waals surface area contributed by atoms with Gasteiger partial charge in [0.05, 0.1) is 22.8 Å². The maximum absolute atomic E-state index is 5.01. The van der Waals surface area contributed by atoms with Crippen molar-refractivity contribution in [3.8, 4) is 90.1 Å². The minimum Gasteiger partial charge on any atom is -0.228 e. The van der Waals surface area contributed by atoms with E-state index in [9.17, 15) is 0 Å². The largest absolute Gasteiger partial charge is 0.228 e. The molecule has 0 saturated heterocycles. The average Bonchev–Trinajstić information content (AvgIpc) is 3.27. The second-order valence-electron chi connectivity index (χ2n) is 13.1. The third-order valence-corrected chi connectivity index (χ3v) is 9.55. The van der Waals surface area contributed by atoms with Crippen LogP contribution in [0.1, 0.15) is 0 Å². The molecule has 254 valence electrons. The lowest BCUT2D eigenvalue weighted by molar-refractivity contribution is 1.18. The molecule has 9 aromatic rings. The SMILES string of the molecule is c1ccc(-c2cc(-c3ccc(-c4cccc(-c5ccc(-c6cc(-c7ccccc7)nc(-c7ccccc7)n6)cc5)c4)cc3)nc(-c3ccccc3)n2)cc1. The van der Waals surface area contributed by atoms with Gasteiger partial charge in [0.15, 0.2) is 11.6 Å². The van der Waals surface area contributed by atoms with Crippen molar-refractivity contribution in [1.29, 1.82) is 0 Å². The number of rotatable bonds is 8. The van der Waals surface area contributed by atoms with E-state index in [1.165, 1.54) is 0 Å². The van der Waals surface area contributed by atoms with Gasteiger partial charge < -0.3 is 0 Å². The first-order chi connectivity index (χ1) is 26.7. The van der Waals surface area contributed by atoms with Gasteiger partial charge in [-0.25, -0.2) is 19.9 Å². The summed E-state index contributed by atoms with van der Waals surface area (Å²) in [4.78, 5) is 19.9. The van der Waals surface area contributed by atoms with E-state index in [4.69, 9.17) is 19.9 Å². The highest BCUT2D eigenvalue weighted by atomic mass is 14.9. The molecule has 0 aliphatic heterocycles. The maximum atomic E-state index is 5.01. The molecule has 4 heteroatoms. The summed E-state index contributed by atoms with van der Waals surface area (Å²) in [5, 5.41) is 0. The van der Waals surface area contributed by atoms with Crippen LogP contribution in [-0.2, 0) is 0 Å². The van der Waals surface area contributed by atoms with Gasteiger partial charge in [-0.3, -0.25) is 0 Å². The summed E-state index contributed by atoms with van der Waals surface area (Å²) in [6.07, 6.45) is 0. The number of hydrogen-bond acceptors (Lipinski definition) is 4. The van der Waals surface area contributed by atoms with E-state index in [1.54, 1.807) is 0 Å². The molecule has 2 aromatic heterocycles. The van der Waals surface area contributed by atoms with Crippen LogP contribution in [-0.4, -0.2) is 19.9 Å². The van der Waals surface area contributed by atoms with E-state index in [0.29, 0.717) is 11.6 Å². The van der Waals surface area contributed by atoms with E-state index in [1.807, 2.05) is 72.8 Å². The van der Waals surface area contributed by atoms with Gasteiger partial charge in [-0.05, 0) is 40.5 Å². The maximum Gasteiger partial charge on any atom is 0.160 e. The number of nitrogens with zero attached hydrogens (tertiary/aromatic N) is 4. The Kier molecular flexibility index (Phi) is 8.90. The Bertz CT molecular complexity index is 2360. The van der Waals surface area contributed by atoms with Gasteiger partial charge in [0.2, 0.25) is 0 Å². The molecule has 2 heterocycles. The lowest BCUT2D eigenvalue weighted by Crippen LogP contribution is -1.96. The summed E-state index contributed by atoms with van der Waals surface area (Å²) in [6.45, 7) is 0. The molecule has 0 fully saturated rings. The van der Waals surface area contributed by atoms with Gasteiger partial charge in [0, 0.05) is 33.4 Å². The zero-order valence-corrected chi connectivity index (χ0v) is 29.4. The summed E-state index contributed by atoms with van der Waals surface area (Å²) in [5.74, 6) is 1.42. The lowest BCUT2D eigenvalue weighted by Gasteiger charge is -2.11. The molecule has 0 aliphatic rings. The van der Waals surface area contributed by atoms with Crippen molar-refractivity contribution >= 4 is 0 Å². The fourth-order valence-corrected chi connectivity index (χ4v) is 6.68. The highest BCUT2D eigenvalue weighted by molar-refractivity contribution is 5.78. The molecule has 0 radical (unpaired) electrons. The van der Waals surface area contributed by atoms with Crippen LogP contribution in [0, 0.1) is 0 Å². The second kappa shape index (κ2) is 14.7. The number of hydrogen-bond donors (Lipinski definition) is 0. The number of aromatic nitrogens is 4. The van der Waals surface area contributed by atoms with Gasteiger partial charge in [-0.15, -0.1) is 0 Å². The molecule has 7 aromatic carbocycles. The van der Waals surface area contributed by atoms with Crippen LogP contribution in [0.4, 0.5) is 0 Å². The monoisotopic (exact) mass is 690 g/mol. The molecular weight excluding hydrogens is 657 g/mol. The fourth-order valence-electron chi connectivity index (χ4n) is 6.68. The molecule has 0 unspecified atom stereocenters. The van der Waals surface area contributed by atoms with Crippen molar-refractivity contribution in [2.75, 3.05) is 0 Å². The van der Waals surface area contributed by atoms with Crippen molar-refractivity contribution in [2.45, 2.75) is 0 Å². The van der Waals surface area contributed by atoms with Crippen LogP contribution < -0.4 is 0 Å². The normalized spacial score (nSPS) is 11.0. The lowest BCUT2D eigenvalue weighted by atomic mass is 9.97. The minimum absolute atomic E-state index is 0.711. The summed E-state index contributed by atoms with van der Waals surface area (Å²) < 4.78 is 0. The Balaban J connectivity index is 1.00. The molecule has 0 spiro atoms. The molecule has 54 heavy (non-hydrogen) atoms. The Hall–Kier alpha value is -7.30. The van der Waals surface area contributed by atoms with E-state index in [-0.39, 0.29) is 0 Å². The van der Waals surface area contributed by atoms with Crippen LogP contribution >= 0.6 is 0 Å². The van der Waals surface area contributed by atoms with Crippen molar-refractivity contribution in [1.82, 2.24) is 19.9 Å². The second-order valence-corrected chi connectivity index (χ2v) is 13.1. The summed E-state index contributed by atoms with van der Waals surface area (Å²) in [5.41, 5.74) is 14.3. The first-order valence-corrected chi connectivity index (χ1v) is 18.1. The zero-order valence-electron chi connectivity index (χ0n) is 29.4. The van der Waals surface area contributed by atoms with E-state index in [0.717, 1.165) is 78.4 Å². The molecule has 0 N–H and O–H groups in total. The summed E-state index contributed by atoms with van der Waals surface area (Å²) in [6, 6.07) is 71.0. The van der Waals surface area contributed by atoms with E-state index in [2.05, 4.69) is 133 Å². The van der Waals surface area contributed by atoms with Gasteiger partial charge in [-0.1, -0.05) is 188 Å².